The van der Waals surface area contributed by atoms with Crippen LogP contribution in [0.5, 0.6) is 0 Å². The quantitative estimate of drug-likeness (QED) is 0.632. The van der Waals surface area contributed by atoms with E-state index < -0.39 is 0 Å². The molecule has 0 aromatic heterocycles. The Morgan fingerprint density at radius 3 is 2.93 bits per heavy atom. The zero-order chi connectivity index (χ0) is 10.6. The first-order valence-electron chi connectivity index (χ1n) is 5.47. The van der Waals surface area contributed by atoms with Gasteiger partial charge in [-0.15, -0.1) is 6.58 Å². The lowest BCUT2D eigenvalue weighted by Gasteiger charge is -2.16. The fourth-order valence-electron chi connectivity index (χ4n) is 2.05. The van der Waals surface area contributed by atoms with Crippen molar-refractivity contribution in [3.63, 3.8) is 0 Å². The molecule has 14 heavy (non-hydrogen) atoms. The lowest BCUT2D eigenvalue weighted by molar-refractivity contribution is -0.124. The van der Waals surface area contributed by atoms with E-state index in [1.807, 2.05) is 13.0 Å². The van der Waals surface area contributed by atoms with E-state index in [-0.39, 0.29) is 17.9 Å². The van der Waals surface area contributed by atoms with Gasteiger partial charge in [-0.1, -0.05) is 19.4 Å². The Morgan fingerprint density at radius 2 is 2.36 bits per heavy atom. The van der Waals surface area contributed by atoms with Crippen molar-refractivity contribution in [3.8, 4) is 0 Å². The molecule has 3 atom stereocenters. The van der Waals surface area contributed by atoms with Crippen LogP contribution in [0.4, 0.5) is 0 Å². The maximum Gasteiger partial charge on any atom is 0.139 e. The molecule has 0 N–H and O–H groups in total. The van der Waals surface area contributed by atoms with Gasteiger partial charge < -0.3 is 4.74 Å². The van der Waals surface area contributed by atoms with E-state index in [1.165, 1.54) is 0 Å². The van der Waals surface area contributed by atoms with Crippen LogP contribution in [0, 0.1) is 11.8 Å². The second-order valence-corrected chi connectivity index (χ2v) is 4.03. The molecule has 1 heterocycles. The van der Waals surface area contributed by atoms with E-state index in [9.17, 15) is 4.79 Å². The minimum atomic E-state index is 0.0547. The summed E-state index contributed by atoms with van der Waals surface area (Å²) < 4.78 is 5.48. The fourth-order valence-corrected chi connectivity index (χ4v) is 2.05. The lowest BCUT2D eigenvalue weighted by atomic mass is 9.86. The van der Waals surface area contributed by atoms with Crippen LogP contribution in [-0.4, -0.2) is 18.5 Å². The molecule has 1 saturated heterocycles. The largest absolute Gasteiger partial charge is 0.377 e. The summed E-state index contributed by atoms with van der Waals surface area (Å²) >= 11 is 0. The Hall–Kier alpha value is -0.630. The SMILES string of the molecule is C=C[C@H]1CO[C@H](C)[C@H]1C(=O)CCCC. The van der Waals surface area contributed by atoms with Gasteiger partial charge in [-0.25, -0.2) is 0 Å². The predicted octanol–water partition coefficient (Wildman–Crippen LogP) is 2.58. The van der Waals surface area contributed by atoms with Crippen molar-refractivity contribution in [2.75, 3.05) is 6.61 Å². The van der Waals surface area contributed by atoms with E-state index >= 15 is 0 Å². The molecule has 0 radical (unpaired) electrons. The summed E-state index contributed by atoms with van der Waals surface area (Å²) in [5, 5.41) is 0. The van der Waals surface area contributed by atoms with E-state index in [0.717, 1.165) is 12.8 Å². The molecular formula is C12H20O2. The molecule has 2 nitrogen and oxygen atoms in total. The van der Waals surface area contributed by atoms with E-state index in [2.05, 4.69) is 13.5 Å². The first kappa shape index (κ1) is 11.4. The highest BCUT2D eigenvalue weighted by Gasteiger charge is 2.37. The summed E-state index contributed by atoms with van der Waals surface area (Å²) in [5.41, 5.74) is 0. The van der Waals surface area contributed by atoms with Crippen LogP contribution < -0.4 is 0 Å². The Morgan fingerprint density at radius 1 is 1.64 bits per heavy atom. The smallest absolute Gasteiger partial charge is 0.139 e. The molecule has 2 heteroatoms. The molecular weight excluding hydrogens is 176 g/mol. The van der Waals surface area contributed by atoms with Gasteiger partial charge in [0.05, 0.1) is 18.6 Å². The number of ketones is 1. The maximum atomic E-state index is 11.9. The Kier molecular flexibility index (Phi) is 4.33. The zero-order valence-corrected chi connectivity index (χ0v) is 9.16. The highest BCUT2D eigenvalue weighted by atomic mass is 16.5. The van der Waals surface area contributed by atoms with Gasteiger partial charge in [0.1, 0.15) is 5.78 Å². The molecule has 0 spiro atoms. The third kappa shape index (κ3) is 2.44. The number of ether oxygens (including phenoxy) is 1. The van der Waals surface area contributed by atoms with Crippen LogP contribution in [-0.2, 0) is 9.53 Å². The van der Waals surface area contributed by atoms with Gasteiger partial charge in [0.15, 0.2) is 0 Å². The molecule has 1 aliphatic rings. The summed E-state index contributed by atoms with van der Waals surface area (Å²) in [5.74, 6) is 0.634. The fraction of sp³-hybridized carbons (Fsp3) is 0.750. The van der Waals surface area contributed by atoms with Crippen molar-refractivity contribution in [2.45, 2.75) is 39.2 Å². The maximum absolute atomic E-state index is 11.9. The van der Waals surface area contributed by atoms with Crippen LogP contribution in [0.3, 0.4) is 0 Å². The minimum Gasteiger partial charge on any atom is -0.377 e. The Balaban J connectivity index is 2.54. The molecule has 1 aliphatic heterocycles. The zero-order valence-electron chi connectivity index (χ0n) is 9.16. The molecule has 0 bridgehead atoms. The molecule has 0 aromatic carbocycles. The van der Waals surface area contributed by atoms with Gasteiger partial charge >= 0.3 is 0 Å². The van der Waals surface area contributed by atoms with Crippen molar-refractivity contribution in [1.82, 2.24) is 0 Å². The predicted molar refractivity (Wildman–Crippen MR) is 57.1 cm³/mol. The molecule has 1 fully saturated rings. The topological polar surface area (TPSA) is 26.3 Å². The second-order valence-electron chi connectivity index (χ2n) is 4.03. The number of carbonyl (C=O) groups is 1. The molecule has 0 aliphatic carbocycles. The number of rotatable bonds is 5. The van der Waals surface area contributed by atoms with E-state index in [4.69, 9.17) is 4.74 Å². The minimum absolute atomic E-state index is 0.0547. The number of carbonyl (C=O) groups excluding carboxylic acids is 1. The Labute approximate surface area is 86.3 Å². The van der Waals surface area contributed by atoms with Crippen LogP contribution >= 0.6 is 0 Å². The number of Topliss-reactive ketones (excluding diaryl/α,β-unsaturated/α-hetero) is 1. The van der Waals surface area contributed by atoms with Crippen molar-refractivity contribution >= 4 is 5.78 Å². The van der Waals surface area contributed by atoms with E-state index in [1.54, 1.807) is 0 Å². The second kappa shape index (κ2) is 5.30. The highest BCUT2D eigenvalue weighted by molar-refractivity contribution is 5.82. The third-order valence-corrected chi connectivity index (χ3v) is 2.97. The average molecular weight is 196 g/mol. The van der Waals surface area contributed by atoms with Crippen molar-refractivity contribution in [1.29, 1.82) is 0 Å². The number of hydrogen-bond donors (Lipinski definition) is 0. The highest BCUT2D eigenvalue weighted by Crippen LogP contribution is 2.29. The van der Waals surface area contributed by atoms with Crippen LogP contribution in [0.15, 0.2) is 12.7 Å². The van der Waals surface area contributed by atoms with E-state index in [0.29, 0.717) is 18.8 Å². The van der Waals surface area contributed by atoms with Crippen LogP contribution in [0.25, 0.3) is 0 Å². The molecule has 1 rings (SSSR count). The van der Waals surface area contributed by atoms with Gasteiger partial charge in [-0.3, -0.25) is 4.79 Å². The summed E-state index contributed by atoms with van der Waals surface area (Å²) in [7, 11) is 0. The van der Waals surface area contributed by atoms with Gasteiger partial charge in [-0.05, 0) is 13.3 Å². The summed E-state index contributed by atoms with van der Waals surface area (Å²) in [6.07, 6.45) is 4.69. The van der Waals surface area contributed by atoms with Crippen molar-refractivity contribution in [2.24, 2.45) is 11.8 Å². The molecule has 0 amide bonds. The Bertz CT molecular complexity index is 210. The third-order valence-electron chi connectivity index (χ3n) is 2.97. The van der Waals surface area contributed by atoms with Gasteiger partial charge in [0.2, 0.25) is 0 Å². The van der Waals surface area contributed by atoms with Crippen LogP contribution in [0.1, 0.15) is 33.1 Å². The monoisotopic (exact) mass is 196 g/mol. The summed E-state index contributed by atoms with van der Waals surface area (Å²) in [4.78, 5) is 11.9. The standard InChI is InChI=1S/C12H20O2/c1-4-6-7-11(13)12-9(3)14-8-10(12)5-2/h5,9-10,12H,2,4,6-8H2,1,3H3/t9-,10+,12-/m1/s1. The number of hydrogen-bond acceptors (Lipinski definition) is 2. The van der Waals surface area contributed by atoms with Crippen molar-refractivity contribution in [3.05, 3.63) is 12.7 Å². The molecule has 0 saturated carbocycles. The summed E-state index contributed by atoms with van der Waals surface area (Å²) in [6.45, 7) is 8.51. The first-order chi connectivity index (χ1) is 6.70. The van der Waals surface area contributed by atoms with Gasteiger partial charge in [-0.2, -0.15) is 0 Å². The van der Waals surface area contributed by atoms with Crippen molar-refractivity contribution < 1.29 is 9.53 Å². The molecule has 80 valence electrons. The van der Waals surface area contributed by atoms with Crippen LogP contribution in [0.2, 0.25) is 0 Å². The van der Waals surface area contributed by atoms with Gasteiger partial charge in [0.25, 0.3) is 0 Å². The molecule has 0 aromatic rings. The first-order valence-corrected chi connectivity index (χ1v) is 5.47. The normalized spacial score (nSPS) is 31.7. The lowest BCUT2D eigenvalue weighted by Crippen LogP contribution is -2.26. The summed E-state index contributed by atoms with van der Waals surface area (Å²) in [6, 6.07) is 0. The average Bonchev–Trinajstić information content (AvgIpc) is 2.56. The van der Waals surface area contributed by atoms with Gasteiger partial charge in [0, 0.05) is 12.3 Å². The number of unbranched alkanes of at least 4 members (excludes halogenated alkanes) is 1. The molecule has 0 unspecified atom stereocenters.